The fourth-order valence-corrected chi connectivity index (χ4v) is 3.98. The second-order valence-corrected chi connectivity index (χ2v) is 8.03. The summed E-state index contributed by atoms with van der Waals surface area (Å²) in [7, 11) is 1.66. The summed E-state index contributed by atoms with van der Waals surface area (Å²) in [5, 5.41) is 12.8. The molecule has 1 aliphatic heterocycles. The van der Waals surface area contributed by atoms with Gasteiger partial charge in [0.2, 0.25) is 0 Å². The van der Waals surface area contributed by atoms with Crippen LogP contribution in [0.25, 0.3) is 0 Å². The number of aromatic carboxylic acids is 1. The van der Waals surface area contributed by atoms with Crippen molar-refractivity contribution in [1.82, 2.24) is 5.32 Å². The Morgan fingerprint density at radius 3 is 2.40 bits per heavy atom. The smallest absolute Gasteiger partial charge is 0.335 e. The first-order chi connectivity index (χ1) is 14.5. The van der Waals surface area contributed by atoms with Gasteiger partial charge in [-0.3, -0.25) is 10.3 Å². The van der Waals surface area contributed by atoms with Crippen LogP contribution < -0.4 is 10.1 Å². The number of aliphatic imine (C=N–C) groups is 1. The maximum atomic E-state index is 11.2. The molecule has 3 aromatic carbocycles. The number of carboxylic acid groups (broad SMARTS) is 1. The Morgan fingerprint density at radius 2 is 1.77 bits per heavy atom. The van der Waals surface area contributed by atoms with E-state index in [9.17, 15) is 9.90 Å². The lowest BCUT2D eigenvalue weighted by atomic mass is 9.94. The van der Waals surface area contributed by atoms with E-state index in [2.05, 4.69) is 45.5 Å². The monoisotopic (exact) mass is 464 g/mol. The Hall–Kier alpha value is -2.96. The van der Waals surface area contributed by atoms with Crippen LogP contribution in [0, 0.1) is 0 Å². The van der Waals surface area contributed by atoms with Crippen molar-refractivity contribution in [3.8, 4) is 5.75 Å². The number of nitrogens with one attached hydrogen (secondary N) is 1. The third kappa shape index (κ3) is 4.45. The molecule has 0 bridgehead atoms. The van der Waals surface area contributed by atoms with E-state index in [1.54, 1.807) is 19.2 Å². The van der Waals surface area contributed by atoms with Gasteiger partial charge in [0.15, 0.2) is 0 Å². The molecule has 0 fully saturated rings. The molecular weight excluding hydrogens is 444 g/mol. The summed E-state index contributed by atoms with van der Waals surface area (Å²) in [6.07, 6.45) is 0.467. The van der Waals surface area contributed by atoms with E-state index in [0.717, 1.165) is 39.0 Å². The van der Waals surface area contributed by atoms with Gasteiger partial charge in [-0.05, 0) is 53.1 Å². The van der Waals surface area contributed by atoms with Gasteiger partial charge in [-0.25, -0.2) is 4.79 Å². The third-order valence-corrected chi connectivity index (χ3v) is 5.68. The Balaban J connectivity index is 1.71. The number of nitrogens with zero attached hydrogens (tertiary/aromatic N) is 1. The van der Waals surface area contributed by atoms with Crippen molar-refractivity contribution in [3.05, 3.63) is 99.5 Å². The number of rotatable bonds is 5. The zero-order chi connectivity index (χ0) is 21.1. The normalized spacial score (nSPS) is 18.5. The van der Waals surface area contributed by atoms with Crippen LogP contribution in [0.4, 0.5) is 0 Å². The van der Waals surface area contributed by atoms with Crippen molar-refractivity contribution in [2.75, 3.05) is 7.11 Å². The topological polar surface area (TPSA) is 70.9 Å². The summed E-state index contributed by atoms with van der Waals surface area (Å²) in [4.78, 5) is 16.1. The molecule has 3 aromatic rings. The SMILES string of the molecule is COc1ccc([C@H]2CC(c3cccc(Br)c3)=N[C@H](c3ccc(C(=O)O)cc3)N2)cc1. The fourth-order valence-electron chi connectivity index (χ4n) is 3.58. The van der Waals surface area contributed by atoms with E-state index < -0.39 is 5.97 Å². The largest absolute Gasteiger partial charge is 0.497 e. The van der Waals surface area contributed by atoms with Gasteiger partial charge in [0.05, 0.1) is 12.7 Å². The number of methoxy groups -OCH3 is 1. The molecule has 0 saturated carbocycles. The highest BCUT2D eigenvalue weighted by atomic mass is 79.9. The van der Waals surface area contributed by atoms with Crippen molar-refractivity contribution in [2.24, 2.45) is 4.99 Å². The van der Waals surface area contributed by atoms with Crippen LogP contribution in [-0.4, -0.2) is 23.9 Å². The Labute approximate surface area is 183 Å². The lowest BCUT2D eigenvalue weighted by Crippen LogP contribution is -2.33. The van der Waals surface area contributed by atoms with Crippen LogP contribution in [0.3, 0.4) is 0 Å². The van der Waals surface area contributed by atoms with Gasteiger partial charge in [-0.1, -0.05) is 52.3 Å². The van der Waals surface area contributed by atoms with E-state index in [1.165, 1.54) is 0 Å². The number of ether oxygens (including phenoxy) is 1. The number of hydrogen-bond acceptors (Lipinski definition) is 4. The Kier molecular flexibility index (Phi) is 5.97. The molecule has 30 heavy (non-hydrogen) atoms. The zero-order valence-electron chi connectivity index (χ0n) is 16.4. The van der Waals surface area contributed by atoms with Crippen LogP contribution in [0.2, 0.25) is 0 Å². The fraction of sp³-hybridized carbons (Fsp3) is 0.167. The molecule has 152 valence electrons. The van der Waals surface area contributed by atoms with Crippen molar-refractivity contribution in [3.63, 3.8) is 0 Å². The summed E-state index contributed by atoms with van der Waals surface area (Å²) in [5.74, 6) is -0.121. The first-order valence-electron chi connectivity index (χ1n) is 9.59. The predicted molar refractivity (Wildman–Crippen MR) is 120 cm³/mol. The lowest BCUT2D eigenvalue weighted by molar-refractivity contribution is 0.0697. The molecule has 0 aliphatic carbocycles. The van der Waals surface area contributed by atoms with Gasteiger partial charge >= 0.3 is 5.97 Å². The predicted octanol–water partition coefficient (Wildman–Crippen LogP) is 5.38. The van der Waals surface area contributed by atoms with Crippen molar-refractivity contribution in [2.45, 2.75) is 18.6 Å². The zero-order valence-corrected chi connectivity index (χ0v) is 18.0. The van der Waals surface area contributed by atoms with Crippen LogP contribution in [0.1, 0.15) is 45.7 Å². The number of hydrogen-bond donors (Lipinski definition) is 2. The molecular formula is C24H21BrN2O3. The molecule has 0 aromatic heterocycles. The average molecular weight is 465 g/mol. The van der Waals surface area contributed by atoms with Gasteiger partial charge in [-0.15, -0.1) is 0 Å². The lowest BCUT2D eigenvalue weighted by Gasteiger charge is -2.30. The molecule has 4 rings (SSSR count). The molecule has 0 spiro atoms. The maximum Gasteiger partial charge on any atom is 0.335 e. The highest BCUT2D eigenvalue weighted by Gasteiger charge is 2.26. The summed E-state index contributed by atoms with van der Waals surface area (Å²) in [6.45, 7) is 0. The molecule has 1 heterocycles. The number of benzene rings is 3. The maximum absolute atomic E-state index is 11.2. The number of halogens is 1. The van der Waals surface area contributed by atoms with Crippen LogP contribution in [0.15, 0.2) is 82.3 Å². The quantitative estimate of drug-likeness (QED) is 0.531. The van der Waals surface area contributed by atoms with E-state index in [-0.39, 0.29) is 17.8 Å². The van der Waals surface area contributed by atoms with E-state index >= 15 is 0 Å². The Bertz CT molecular complexity index is 1080. The highest BCUT2D eigenvalue weighted by molar-refractivity contribution is 9.10. The molecule has 0 unspecified atom stereocenters. The molecule has 0 radical (unpaired) electrons. The first kappa shape index (κ1) is 20.3. The number of carboxylic acids is 1. The average Bonchev–Trinajstić information content (AvgIpc) is 2.79. The van der Waals surface area contributed by atoms with Gasteiger partial charge in [0.1, 0.15) is 11.9 Å². The van der Waals surface area contributed by atoms with Crippen molar-refractivity contribution >= 4 is 27.6 Å². The van der Waals surface area contributed by atoms with E-state index in [1.807, 2.05) is 36.4 Å². The summed E-state index contributed by atoms with van der Waals surface area (Å²) in [5.41, 5.74) is 4.40. The first-order valence-corrected chi connectivity index (χ1v) is 10.4. The van der Waals surface area contributed by atoms with E-state index in [0.29, 0.717) is 0 Å². The minimum atomic E-state index is -0.937. The molecule has 1 aliphatic rings. The van der Waals surface area contributed by atoms with Gasteiger partial charge < -0.3 is 9.84 Å². The van der Waals surface area contributed by atoms with Gasteiger partial charge in [-0.2, -0.15) is 0 Å². The van der Waals surface area contributed by atoms with Gasteiger partial charge in [0.25, 0.3) is 0 Å². The Morgan fingerprint density at radius 1 is 1.07 bits per heavy atom. The molecule has 0 saturated heterocycles. The third-order valence-electron chi connectivity index (χ3n) is 5.19. The highest BCUT2D eigenvalue weighted by Crippen LogP contribution is 2.32. The van der Waals surface area contributed by atoms with Crippen LogP contribution >= 0.6 is 15.9 Å². The number of carbonyl (C=O) groups is 1. The second kappa shape index (κ2) is 8.81. The van der Waals surface area contributed by atoms with Gasteiger partial charge in [0, 0.05) is 22.6 Å². The van der Waals surface area contributed by atoms with E-state index in [4.69, 9.17) is 9.73 Å². The molecule has 2 N–H and O–H groups in total. The van der Waals surface area contributed by atoms with Crippen molar-refractivity contribution < 1.29 is 14.6 Å². The summed E-state index contributed by atoms with van der Waals surface area (Å²) < 4.78 is 6.29. The standard InChI is InChI=1S/C24H21BrN2O3/c1-30-20-11-9-15(10-12-20)21-14-22(18-3-2-4-19(25)13-18)27-23(26-21)16-5-7-17(8-6-16)24(28)29/h2-13,21,23,26H,14H2,1H3,(H,28,29)/t21-,23-/m1/s1. The summed E-state index contributed by atoms with van der Waals surface area (Å²) in [6, 6.07) is 23.1. The minimum Gasteiger partial charge on any atom is -0.497 e. The molecule has 6 heteroatoms. The molecule has 2 atom stereocenters. The second-order valence-electron chi connectivity index (χ2n) is 7.11. The minimum absolute atomic E-state index is 0.0616. The molecule has 5 nitrogen and oxygen atoms in total. The van der Waals surface area contributed by atoms with Crippen molar-refractivity contribution in [1.29, 1.82) is 0 Å². The molecule has 0 amide bonds. The summed E-state index contributed by atoms with van der Waals surface area (Å²) >= 11 is 3.55. The van der Waals surface area contributed by atoms with Crippen LogP contribution in [0.5, 0.6) is 5.75 Å². The van der Waals surface area contributed by atoms with Crippen LogP contribution in [-0.2, 0) is 0 Å².